The number of carbonyl (C=O) groups is 1. The van der Waals surface area contributed by atoms with Gasteiger partial charge in [-0.1, -0.05) is 12.1 Å². The largest absolute Gasteiger partial charge is 0.505 e. The summed E-state index contributed by atoms with van der Waals surface area (Å²) in [4.78, 5) is 16.0. The molecule has 1 N–H and O–H groups in total. The minimum absolute atomic E-state index is 0.125. The van der Waals surface area contributed by atoms with Gasteiger partial charge < -0.3 is 14.6 Å². The summed E-state index contributed by atoms with van der Waals surface area (Å²) in [6, 6.07) is 9.38. The predicted octanol–water partition coefficient (Wildman–Crippen LogP) is 2.68. The fourth-order valence-electron chi connectivity index (χ4n) is 2.19. The lowest BCUT2D eigenvalue weighted by atomic mass is 10.1. The maximum Gasteiger partial charge on any atom is 0.341 e. The van der Waals surface area contributed by atoms with Crippen molar-refractivity contribution in [2.45, 2.75) is 19.8 Å². The van der Waals surface area contributed by atoms with Gasteiger partial charge in [0.1, 0.15) is 11.3 Å². The molecule has 1 aromatic carbocycles. The Morgan fingerprint density at radius 1 is 1.18 bits per heavy atom. The van der Waals surface area contributed by atoms with Gasteiger partial charge in [0.2, 0.25) is 0 Å². The lowest BCUT2D eigenvalue weighted by Gasteiger charge is -2.09. The second-order valence-corrected chi connectivity index (χ2v) is 4.93. The number of esters is 1. The Morgan fingerprint density at radius 2 is 1.86 bits per heavy atom. The molecule has 2 aromatic rings. The Hall–Kier alpha value is -2.56. The zero-order valence-corrected chi connectivity index (χ0v) is 12.9. The van der Waals surface area contributed by atoms with Gasteiger partial charge in [0.15, 0.2) is 5.75 Å². The van der Waals surface area contributed by atoms with Gasteiger partial charge >= 0.3 is 5.97 Å². The van der Waals surface area contributed by atoms with Crippen molar-refractivity contribution in [2.24, 2.45) is 0 Å². The van der Waals surface area contributed by atoms with Crippen molar-refractivity contribution in [3.05, 3.63) is 52.8 Å². The summed E-state index contributed by atoms with van der Waals surface area (Å²) in [5.74, 6) is 0.129. The third kappa shape index (κ3) is 3.55. The first-order valence-corrected chi connectivity index (χ1v) is 6.96. The normalized spacial score (nSPS) is 10.3. The van der Waals surface area contributed by atoms with Gasteiger partial charge in [-0.25, -0.2) is 4.79 Å². The highest BCUT2D eigenvalue weighted by molar-refractivity contribution is 5.92. The summed E-state index contributed by atoms with van der Waals surface area (Å²) in [5, 5.41) is 9.89. The Kier molecular flexibility index (Phi) is 4.99. The van der Waals surface area contributed by atoms with E-state index in [9.17, 15) is 9.90 Å². The zero-order chi connectivity index (χ0) is 16.1. The van der Waals surface area contributed by atoms with E-state index in [-0.39, 0.29) is 11.3 Å². The molecule has 0 atom stereocenters. The van der Waals surface area contributed by atoms with Crippen molar-refractivity contribution in [3.8, 4) is 11.5 Å². The van der Waals surface area contributed by atoms with E-state index in [2.05, 4.69) is 9.72 Å². The molecule has 0 unspecified atom stereocenters. The number of aryl methyl sites for hydroxylation is 3. The Labute approximate surface area is 129 Å². The number of methoxy groups -OCH3 is 2. The first-order valence-electron chi connectivity index (χ1n) is 6.96. The molecule has 2 rings (SSSR count). The van der Waals surface area contributed by atoms with Crippen LogP contribution in [-0.2, 0) is 17.6 Å². The second kappa shape index (κ2) is 6.93. The van der Waals surface area contributed by atoms with E-state index in [4.69, 9.17) is 4.74 Å². The topological polar surface area (TPSA) is 68.7 Å². The third-order valence-corrected chi connectivity index (χ3v) is 3.45. The van der Waals surface area contributed by atoms with Crippen molar-refractivity contribution >= 4 is 5.97 Å². The maximum absolute atomic E-state index is 11.7. The SMILES string of the molecule is COC(=O)c1cc(CCc2ccc(OC)cc2)nc(C)c1O. The van der Waals surface area contributed by atoms with Crippen molar-refractivity contribution in [2.75, 3.05) is 14.2 Å². The summed E-state index contributed by atoms with van der Waals surface area (Å²) in [5.41, 5.74) is 2.46. The molecule has 0 saturated carbocycles. The Balaban J connectivity index is 2.15. The Bertz CT molecular complexity index is 665. The van der Waals surface area contributed by atoms with Crippen LogP contribution in [0.15, 0.2) is 30.3 Å². The number of pyridine rings is 1. The smallest absolute Gasteiger partial charge is 0.341 e. The molecular weight excluding hydrogens is 282 g/mol. The van der Waals surface area contributed by atoms with Crippen molar-refractivity contribution < 1.29 is 19.4 Å². The summed E-state index contributed by atoms with van der Waals surface area (Å²) >= 11 is 0. The average molecular weight is 301 g/mol. The zero-order valence-electron chi connectivity index (χ0n) is 12.9. The minimum Gasteiger partial charge on any atom is -0.505 e. The molecule has 22 heavy (non-hydrogen) atoms. The summed E-state index contributed by atoms with van der Waals surface area (Å²) in [6.45, 7) is 1.67. The van der Waals surface area contributed by atoms with Crippen LogP contribution in [-0.4, -0.2) is 30.3 Å². The molecule has 1 aromatic heterocycles. The van der Waals surface area contributed by atoms with Crippen molar-refractivity contribution in [1.82, 2.24) is 4.98 Å². The van der Waals surface area contributed by atoms with Crippen LogP contribution >= 0.6 is 0 Å². The van der Waals surface area contributed by atoms with Crippen LogP contribution in [0.1, 0.15) is 27.3 Å². The molecule has 0 amide bonds. The first kappa shape index (κ1) is 15.8. The van der Waals surface area contributed by atoms with E-state index in [1.807, 2.05) is 24.3 Å². The van der Waals surface area contributed by atoms with Gasteiger partial charge in [-0.05, 0) is 43.5 Å². The van der Waals surface area contributed by atoms with Gasteiger partial charge in [-0.2, -0.15) is 0 Å². The highest BCUT2D eigenvalue weighted by Crippen LogP contribution is 2.23. The number of aromatic nitrogens is 1. The summed E-state index contributed by atoms with van der Waals surface area (Å²) in [7, 11) is 2.92. The number of rotatable bonds is 5. The number of benzene rings is 1. The van der Waals surface area contributed by atoms with Crippen molar-refractivity contribution in [1.29, 1.82) is 0 Å². The molecule has 0 aliphatic carbocycles. The fraction of sp³-hybridized carbons (Fsp3) is 0.294. The molecule has 0 aliphatic rings. The van der Waals surface area contributed by atoms with Crippen LogP contribution in [0.25, 0.3) is 0 Å². The van der Waals surface area contributed by atoms with E-state index >= 15 is 0 Å². The van der Waals surface area contributed by atoms with Gasteiger partial charge in [-0.15, -0.1) is 0 Å². The maximum atomic E-state index is 11.7. The molecule has 0 saturated heterocycles. The monoisotopic (exact) mass is 301 g/mol. The van der Waals surface area contributed by atoms with Gasteiger partial charge in [-0.3, -0.25) is 4.98 Å². The van der Waals surface area contributed by atoms with Crippen LogP contribution < -0.4 is 4.74 Å². The number of nitrogens with zero attached hydrogens (tertiary/aromatic N) is 1. The summed E-state index contributed by atoms with van der Waals surface area (Å²) in [6.07, 6.45) is 1.44. The van der Waals surface area contributed by atoms with Crippen LogP contribution in [0.4, 0.5) is 0 Å². The van der Waals surface area contributed by atoms with E-state index in [1.165, 1.54) is 7.11 Å². The highest BCUT2D eigenvalue weighted by atomic mass is 16.5. The minimum atomic E-state index is -0.561. The molecule has 116 valence electrons. The number of hydrogen-bond acceptors (Lipinski definition) is 5. The number of carbonyl (C=O) groups excluding carboxylic acids is 1. The molecular formula is C17H19NO4. The van der Waals surface area contributed by atoms with Crippen LogP contribution in [0.5, 0.6) is 11.5 Å². The standard InChI is InChI=1S/C17H19NO4/c1-11-16(19)15(17(20)22-3)10-13(18-11)7-4-12-5-8-14(21-2)9-6-12/h5-6,8-10,19H,4,7H2,1-3H3. The highest BCUT2D eigenvalue weighted by Gasteiger charge is 2.16. The molecule has 0 bridgehead atoms. The van der Waals surface area contributed by atoms with E-state index in [0.717, 1.165) is 23.4 Å². The van der Waals surface area contributed by atoms with Gasteiger partial charge in [0.25, 0.3) is 0 Å². The lowest BCUT2D eigenvalue weighted by Crippen LogP contribution is -2.06. The van der Waals surface area contributed by atoms with Crippen molar-refractivity contribution in [3.63, 3.8) is 0 Å². The number of aromatic hydroxyl groups is 1. The predicted molar refractivity (Wildman–Crippen MR) is 82.4 cm³/mol. The molecule has 0 radical (unpaired) electrons. The average Bonchev–Trinajstić information content (AvgIpc) is 2.55. The second-order valence-electron chi connectivity index (χ2n) is 4.93. The summed E-state index contributed by atoms with van der Waals surface area (Å²) < 4.78 is 9.80. The van der Waals surface area contributed by atoms with E-state index < -0.39 is 5.97 Å². The number of ether oxygens (including phenoxy) is 2. The first-order chi connectivity index (χ1) is 10.5. The van der Waals surface area contributed by atoms with E-state index in [1.54, 1.807) is 20.1 Å². The molecule has 5 nitrogen and oxygen atoms in total. The van der Waals surface area contributed by atoms with Gasteiger partial charge in [0, 0.05) is 5.69 Å². The molecule has 5 heteroatoms. The van der Waals surface area contributed by atoms with Gasteiger partial charge in [0.05, 0.1) is 19.9 Å². The van der Waals surface area contributed by atoms with E-state index in [0.29, 0.717) is 12.1 Å². The molecule has 0 spiro atoms. The number of hydrogen-bond donors (Lipinski definition) is 1. The quantitative estimate of drug-likeness (QED) is 0.860. The fourth-order valence-corrected chi connectivity index (χ4v) is 2.19. The molecule has 0 fully saturated rings. The lowest BCUT2D eigenvalue weighted by molar-refractivity contribution is 0.0597. The molecule has 0 aliphatic heterocycles. The van der Waals surface area contributed by atoms with Crippen LogP contribution in [0.2, 0.25) is 0 Å². The third-order valence-electron chi connectivity index (χ3n) is 3.45. The molecule has 1 heterocycles. The Morgan fingerprint density at radius 3 is 2.45 bits per heavy atom. The van der Waals surface area contributed by atoms with Crippen LogP contribution in [0, 0.1) is 6.92 Å². The van der Waals surface area contributed by atoms with Crippen LogP contribution in [0.3, 0.4) is 0 Å².